The SMILES string of the molecule is CN1CCC(O)(/C(=N/OC2CCCCO2)c2ccccc2)CC1. The minimum absolute atomic E-state index is 0.294. The average molecular weight is 318 g/mol. The number of likely N-dealkylation sites (tertiary alicyclic amines) is 1. The highest BCUT2D eigenvalue weighted by Crippen LogP contribution is 2.27. The summed E-state index contributed by atoms with van der Waals surface area (Å²) in [4.78, 5) is 7.86. The summed E-state index contributed by atoms with van der Waals surface area (Å²) in [6.07, 6.45) is 4.05. The number of aliphatic hydroxyl groups is 1. The molecule has 0 radical (unpaired) electrons. The molecule has 3 rings (SSSR count). The molecule has 5 nitrogen and oxygen atoms in total. The van der Waals surface area contributed by atoms with Gasteiger partial charge in [0.15, 0.2) is 0 Å². The van der Waals surface area contributed by atoms with E-state index in [2.05, 4.69) is 17.1 Å². The molecule has 0 amide bonds. The lowest BCUT2D eigenvalue weighted by Crippen LogP contribution is -2.48. The number of ether oxygens (including phenoxy) is 1. The van der Waals surface area contributed by atoms with Crippen molar-refractivity contribution >= 4 is 5.71 Å². The zero-order chi connectivity index (χ0) is 16.1. The van der Waals surface area contributed by atoms with Gasteiger partial charge < -0.3 is 19.6 Å². The largest absolute Gasteiger partial charge is 0.383 e. The molecule has 1 aromatic carbocycles. The van der Waals surface area contributed by atoms with Gasteiger partial charge in [-0.15, -0.1) is 0 Å². The molecule has 2 saturated heterocycles. The van der Waals surface area contributed by atoms with Gasteiger partial charge in [0.1, 0.15) is 11.3 Å². The van der Waals surface area contributed by atoms with Crippen molar-refractivity contribution in [1.82, 2.24) is 4.90 Å². The van der Waals surface area contributed by atoms with Gasteiger partial charge in [0.25, 0.3) is 0 Å². The first-order valence-corrected chi connectivity index (χ1v) is 8.50. The first kappa shape index (κ1) is 16.4. The van der Waals surface area contributed by atoms with Crippen LogP contribution < -0.4 is 0 Å². The highest BCUT2D eigenvalue weighted by molar-refractivity contribution is 6.06. The second kappa shape index (κ2) is 7.43. The van der Waals surface area contributed by atoms with Crippen LogP contribution in [0.2, 0.25) is 0 Å². The van der Waals surface area contributed by atoms with Crippen LogP contribution >= 0.6 is 0 Å². The molecule has 2 aliphatic heterocycles. The van der Waals surface area contributed by atoms with Crippen LogP contribution in [0.25, 0.3) is 0 Å². The number of piperidine rings is 1. The topological polar surface area (TPSA) is 54.3 Å². The number of nitrogens with zero attached hydrogens (tertiary/aromatic N) is 2. The molecule has 2 aliphatic rings. The summed E-state index contributed by atoms with van der Waals surface area (Å²) in [7, 11) is 2.07. The van der Waals surface area contributed by atoms with Gasteiger partial charge in [-0.25, -0.2) is 0 Å². The van der Waals surface area contributed by atoms with Crippen LogP contribution in [-0.2, 0) is 9.57 Å². The van der Waals surface area contributed by atoms with Crippen molar-refractivity contribution in [3.8, 4) is 0 Å². The number of rotatable bonds is 4. The van der Waals surface area contributed by atoms with E-state index < -0.39 is 5.60 Å². The molecule has 0 aliphatic carbocycles. The summed E-state index contributed by atoms with van der Waals surface area (Å²) >= 11 is 0. The van der Waals surface area contributed by atoms with E-state index in [1.165, 1.54) is 0 Å². The fourth-order valence-corrected chi connectivity index (χ4v) is 3.13. The predicted octanol–water partition coefficient (Wildman–Crippen LogP) is 2.39. The lowest BCUT2D eigenvalue weighted by atomic mass is 9.83. The van der Waals surface area contributed by atoms with E-state index in [1.54, 1.807) is 0 Å². The Hall–Kier alpha value is -1.43. The third-order valence-corrected chi connectivity index (χ3v) is 4.70. The van der Waals surface area contributed by atoms with E-state index in [9.17, 15) is 5.11 Å². The van der Waals surface area contributed by atoms with Crippen molar-refractivity contribution < 1.29 is 14.7 Å². The maximum atomic E-state index is 11.2. The van der Waals surface area contributed by atoms with Crippen LogP contribution in [0.5, 0.6) is 0 Å². The van der Waals surface area contributed by atoms with E-state index in [1.807, 2.05) is 30.3 Å². The minimum Gasteiger partial charge on any atom is -0.383 e. The van der Waals surface area contributed by atoms with Crippen molar-refractivity contribution in [1.29, 1.82) is 0 Å². The first-order valence-electron chi connectivity index (χ1n) is 8.50. The van der Waals surface area contributed by atoms with Gasteiger partial charge in [-0.3, -0.25) is 0 Å². The van der Waals surface area contributed by atoms with E-state index >= 15 is 0 Å². The zero-order valence-corrected chi connectivity index (χ0v) is 13.8. The second-order valence-electron chi connectivity index (χ2n) is 6.54. The Bertz CT molecular complexity index is 518. The van der Waals surface area contributed by atoms with Gasteiger partial charge in [-0.2, -0.15) is 0 Å². The summed E-state index contributed by atoms with van der Waals surface area (Å²) < 4.78 is 5.58. The molecular weight excluding hydrogens is 292 g/mol. The molecule has 0 spiro atoms. The summed E-state index contributed by atoms with van der Waals surface area (Å²) in [5, 5.41) is 15.5. The Morgan fingerprint density at radius 3 is 2.65 bits per heavy atom. The number of benzene rings is 1. The molecule has 0 aromatic heterocycles. The van der Waals surface area contributed by atoms with Gasteiger partial charge in [0.2, 0.25) is 6.29 Å². The van der Waals surface area contributed by atoms with Gasteiger partial charge in [0, 0.05) is 25.1 Å². The standard InChI is InChI=1S/C18H26N2O3/c1-20-12-10-18(21,11-13-20)17(15-7-3-2-4-8-15)19-23-16-9-5-6-14-22-16/h2-4,7-8,16,21H,5-6,9-14H2,1H3/b19-17+. The Morgan fingerprint density at radius 1 is 1.26 bits per heavy atom. The molecule has 0 bridgehead atoms. The molecular formula is C18H26N2O3. The molecule has 1 unspecified atom stereocenters. The Balaban J connectivity index is 1.81. The fraction of sp³-hybridized carbons (Fsp3) is 0.611. The highest BCUT2D eigenvalue weighted by Gasteiger charge is 2.38. The van der Waals surface area contributed by atoms with Gasteiger partial charge >= 0.3 is 0 Å². The lowest BCUT2D eigenvalue weighted by Gasteiger charge is -2.37. The van der Waals surface area contributed by atoms with Crippen LogP contribution in [0.1, 0.15) is 37.7 Å². The van der Waals surface area contributed by atoms with Crippen molar-refractivity contribution in [3.05, 3.63) is 35.9 Å². The lowest BCUT2D eigenvalue weighted by molar-refractivity contribution is -0.163. The highest BCUT2D eigenvalue weighted by atomic mass is 16.8. The van der Waals surface area contributed by atoms with E-state index in [-0.39, 0.29) is 6.29 Å². The normalized spacial score (nSPS) is 26.0. The summed E-state index contributed by atoms with van der Waals surface area (Å²) in [6, 6.07) is 9.83. The minimum atomic E-state index is -0.942. The molecule has 23 heavy (non-hydrogen) atoms. The van der Waals surface area contributed by atoms with Crippen LogP contribution in [0, 0.1) is 0 Å². The third-order valence-electron chi connectivity index (χ3n) is 4.70. The molecule has 2 heterocycles. The maximum Gasteiger partial charge on any atom is 0.226 e. The number of hydrogen-bond donors (Lipinski definition) is 1. The molecule has 1 atom stereocenters. The zero-order valence-electron chi connectivity index (χ0n) is 13.8. The maximum absolute atomic E-state index is 11.2. The van der Waals surface area contributed by atoms with E-state index in [0.717, 1.165) is 44.5 Å². The van der Waals surface area contributed by atoms with Crippen LogP contribution in [-0.4, -0.2) is 54.4 Å². The van der Waals surface area contributed by atoms with Crippen molar-refractivity contribution in [3.63, 3.8) is 0 Å². The second-order valence-corrected chi connectivity index (χ2v) is 6.54. The molecule has 1 aromatic rings. The van der Waals surface area contributed by atoms with E-state index in [4.69, 9.17) is 9.57 Å². The first-order chi connectivity index (χ1) is 11.2. The summed E-state index contributed by atoms with van der Waals surface area (Å²) in [5.41, 5.74) is 0.596. The Labute approximate surface area is 137 Å². The van der Waals surface area contributed by atoms with Crippen LogP contribution in [0.4, 0.5) is 0 Å². The monoisotopic (exact) mass is 318 g/mol. The Morgan fingerprint density at radius 2 is 2.00 bits per heavy atom. The van der Waals surface area contributed by atoms with E-state index in [0.29, 0.717) is 18.6 Å². The summed E-state index contributed by atoms with van der Waals surface area (Å²) in [5.74, 6) is 0. The van der Waals surface area contributed by atoms with Crippen molar-refractivity contribution in [2.45, 2.75) is 44.0 Å². The van der Waals surface area contributed by atoms with Crippen molar-refractivity contribution in [2.75, 3.05) is 26.7 Å². The predicted molar refractivity (Wildman–Crippen MR) is 89.3 cm³/mol. The van der Waals surface area contributed by atoms with Gasteiger partial charge in [-0.05, 0) is 32.7 Å². The quantitative estimate of drug-likeness (QED) is 0.684. The van der Waals surface area contributed by atoms with Gasteiger partial charge in [-0.1, -0.05) is 35.5 Å². The Kier molecular flexibility index (Phi) is 5.30. The average Bonchev–Trinajstić information content (AvgIpc) is 2.60. The molecule has 1 N–H and O–H groups in total. The van der Waals surface area contributed by atoms with Crippen LogP contribution in [0.3, 0.4) is 0 Å². The molecule has 5 heteroatoms. The number of hydrogen-bond acceptors (Lipinski definition) is 5. The van der Waals surface area contributed by atoms with Crippen LogP contribution in [0.15, 0.2) is 35.5 Å². The van der Waals surface area contributed by atoms with Gasteiger partial charge in [0.05, 0.1) is 6.61 Å². The molecule has 2 fully saturated rings. The smallest absolute Gasteiger partial charge is 0.226 e. The molecule has 0 saturated carbocycles. The third kappa shape index (κ3) is 4.10. The summed E-state index contributed by atoms with van der Waals surface area (Å²) in [6.45, 7) is 2.42. The molecule has 126 valence electrons. The number of oxime groups is 1. The fourth-order valence-electron chi connectivity index (χ4n) is 3.13. The van der Waals surface area contributed by atoms with Crippen molar-refractivity contribution in [2.24, 2.45) is 5.16 Å².